The van der Waals surface area contributed by atoms with E-state index in [1.54, 1.807) is 0 Å². The van der Waals surface area contributed by atoms with Crippen LogP contribution in [0.4, 0.5) is 30.7 Å². The van der Waals surface area contributed by atoms with Crippen molar-refractivity contribution in [2.45, 2.75) is 37.3 Å². The molecule has 1 N–H and O–H groups in total. The van der Waals surface area contributed by atoms with E-state index in [1.165, 1.54) is 0 Å². The first-order valence-electron chi connectivity index (χ1n) is 4.45. The van der Waals surface area contributed by atoms with Crippen LogP contribution in [-0.4, -0.2) is 29.7 Å². The number of halogens is 7. The van der Waals surface area contributed by atoms with E-state index < -0.39 is 42.9 Å². The van der Waals surface area contributed by atoms with Crippen LogP contribution < -0.4 is 0 Å². The minimum Gasteiger partial charge on any atom is -0.396 e. The molecule has 0 unspecified atom stereocenters. The van der Waals surface area contributed by atoms with E-state index in [2.05, 4.69) is 0 Å². The van der Waals surface area contributed by atoms with Gasteiger partial charge in [-0.1, -0.05) is 6.42 Å². The maximum Gasteiger partial charge on any atom is 0.459 e. The quantitative estimate of drug-likeness (QED) is 0.767. The maximum atomic E-state index is 13.2. The summed E-state index contributed by atoms with van der Waals surface area (Å²) in [4.78, 5) is 0. The molecular weight excluding hydrogens is 245 g/mol. The van der Waals surface area contributed by atoms with Crippen molar-refractivity contribution < 1.29 is 35.8 Å². The van der Waals surface area contributed by atoms with Crippen molar-refractivity contribution in [3.05, 3.63) is 0 Å². The molecule has 0 aliphatic heterocycles. The molecule has 0 aromatic carbocycles. The van der Waals surface area contributed by atoms with Crippen LogP contribution in [0.25, 0.3) is 0 Å². The van der Waals surface area contributed by atoms with Crippen molar-refractivity contribution in [3.8, 4) is 0 Å². The van der Waals surface area contributed by atoms with Gasteiger partial charge in [-0.2, -0.15) is 30.7 Å². The van der Waals surface area contributed by atoms with Crippen molar-refractivity contribution in [1.29, 1.82) is 0 Å². The molecule has 1 aliphatic carbocycles. The van der Waals surface area contributed by atoms with Crippen LogP contribution in [-0.2, 0) is 0 Å². The topological polar surface area (TPSA) is 20.2 Å². The molecule has 1 fully saturated rings. The fraction of sp³-hybridized carbons (Fsp3) is 1.00. The molecule has 1 saturated carbocycles. The van der Waals surface area contributed by atoms with Crippen molar-refractivity contribution in [2.75, 3.05) is 6.61 Å². The summed E-state index contributed by atoms with van der Waals surface area (Å²) in [6, 6.07) is 0. The molecule has 1 rings (SSSR count). The number of hydrogen-bond donors (Lipinski definition) is 1. The van der Waals surface area contributed by atoms with E-state index in [-0.39, 0.29) is 6.42 Å². The van der Waals surface area contributed by atoms with E-state index >= 15 is 0 Å². The smallest absolute Gasteiger partial charge is 0.396 e. The Morgan fingerprint density at radius 3 is 1.56 bits per heavy atom. The molecule has 0 atom stereocenters. The molecule has 96 valence electrons. The van der Waals surface area contributed by atoms with Gasteiger partial charge in [0, 0.05) is 0 Å². The SMILES string of the molecule is OCC1(C(F)(F)C(F)(F)C(F)(F)F)CCC1. The average molecular weight is 254 g/mol. The summed E-state index contributed by atoms with van der Waals surface area (Å²) in [5.74, 6) is -11.4. The fourth-order valence-electron chi connectivity index (χ4n) is 1.69. The lowest BCUT2D eigenvalue weighted by atomic mass is 9.63. The van der Waals surface area contributed by atoms with Crippen LogP contribution in [0.3, 0.4) is 0 Å². The number of hydrogen-bond acceptors (Lipinski definition) is 1. The van der Waals surface area contributed by atoms with Crippen LogP contribution in [0, 0.1) is 5.41 Å². The van der Waals surface area contributed by atoms with E-state index in [0.29, 0.717) is 0 Å². The molecular formula is C8H9F7O. The molecule has 0 aromatic rings. The lowest BCUT2D eigenvalue weighted by Crippen LogP contribution is -2.63. The normalized spacial score (nSPS) is 21.8. The molecule has 16 heavy (non-hydrogen) atoms. The maximum absolute atomic E-state index is 13.2. The third kappa shape index (κ3) is 1.49. The molecule has 0 heterocycles. The summed E-state index contributed by atoms with van der Waals surface area (Å²) >= 11 is 0. The van der Waals surface area contributed by atoms with Crippen LogP contribution in [0.1, 0.15) is 19.3 Å². The molecule has 8 heteroatoms. The fourth-order valence-corrected chi connectivity index (χ4v) is 1.69. The first kappa shape index (κ1) is 13.5. The van der Waals surface area contributed by atoms with Crippen LogP contribution in [0.15, 0.2) is 0 Å². The Kier molecular flexibility index (Phi) is 2.94. The van der Waals surface area contributed by atoms with Gasteiger partial charge >= 0.3 is 18.0 Å². The number of aliphatic hydroxyl groups excluding tert-OH is 1. The summed E-state index contributed by atoms with van der Waals surface area (Å²) in [5.41, 5.74) is -2.65. The van der Waals surface area contributed by atoms with Gasteiger partial charge in [0.15, 0.2) is 0 Å². The lowest BCUT2D eigenvalue weighted by Gasteiger charge is -2.48. The highest BCUT2D eigenvalue weighted by molar-refractivity contribution is 5.07. The van der Waals surface area contributed by atoms with Gasteiger partial charge in [-0.3, -0.25) is 0 Å². The third-order valence-electron chi connectivity index (χ3n) is 3.03. The van der Waals surface area contributed by atoms with E-state index in [9.17, 15) is 30.7 Å². The summed E-state index contributed by atoms with van der Waals surface area (Å²) < 4.78 is 87.1. The molecule has 0 radical (unpaired) electrons. The second-order valence-electron chi connectivity index (χ2n) is 3.94. The summed E-state index contributed by atoms with van der Waals surface area (Å²) in [7, 11) is 0. The van der Waals surface area contributed by atoms with Gasteiger partial charge in [0.2, 0.25) is 0 Å². The number of rotatable bonds is 3. The molecule has 0 aromatic heterocycles. The van der Waals surface area contributed by atoms with Crippen molar-refractivity contribution in [1.82, 2.24) is 0 Å². The van der Waals surface area contributed by atoms with Gasteiger partial charge in [-0.15, -0.1) is 0 Å². The van der Waals surface area contributed by atoms with Gasteiger partial charge < -0.3 is 5.11 Å². The van der Waals surface area contributed by atoms with Crippen molar-refractivity contribution >= 4 is 0 Å². The molecule has 0 saturated heterocycles. The minimum atomic E-state index is -6.33. The highest BCUT2D eigenvalue weighted by Crippen LogP contribution is 2.61. The predicted octanol–water partition coefficient (Wildman–Crippen LogP) is 2.98. The Balaban J connectivity index is 3.10. The van der Waals surface area contributed by atoms with Crippen LogP contribution in [0.5, 0.6) is 0 Å². The highest BCUT2D eigenvalue weighted by atomic mass is 19.4. The molecule has 1 nitrogen and oxygen atoms in total. The van der Waals surface area contributed by atoms with Gasteiger partial charge in [0.25, 0.3) is 0 Å². The minimum absolute atomic E-state index is 0.101. The van der Waals surface area contributed by atoms with E-state index in [1.807, 2.05) is 0 Å². The predicted molar refractivity (Wildman–Crippen MR) is 39.3 cm³/mol. The molecule has 0 spiro atoms. The molecule has 0 bridgehead atoms. The van der Waals surface area contributed by atoms with Gasteiger partial charge in [-0.25, -0.2) is 0 Å². The zero-order valence-corrected chi connectivity index (χ0v) is 7.92. The Bertz CT molecular complexity index is 261. The monoisotopic (exact) mass is 254 g/mol. The Morgan fingerprint density at radius 1 is 0.938 bits per heavy atom. The first-order valence-corrected chi connectivity index (χ1v) is 4.45. The van der Waals surface area contributed by atoms with E-state index in [4.69, 9.17) is 5.11 Å². The largest absolute Gasteiger partial charge is 0.459 e. The Hall–Kier alpha value is -0.530. The highest BCUT2D eigenvalue weighted by Gasteiger charge is 2.79. The summed E-state index contributed by atoms with van der Waals surface area (Å²) in [5, 5.41) is 8.62. The Labute approximate surface area is 86.2 Å². The van der Waals surface area contributed by atoms with Gasteiger partial charge in [-0.05, 0) is 12.8 Å². The van der Waals surface area contributed by atoms with Crippen LogP contribution >= 0.6 is 0 Å². The van der Waals surface area contributed by atoms with Crippen molar-refractivity contribution in [2.24, 2.45) is 5.41 Å². The van der Waals surface area contributed by atoms with Crippen LogP contribution in [0.2, 0.25) is 0 Å². The zero-order valence-electron chi connectivity index (χ0n) is 7.92. The first-order chi connectivity index (χ1) is 7.02. The summed E-state index contributed by atoms with van der Waals surface area (Å²) in [6.07, 6.45) is -7.30. The standard InChI is InChI=1S/C8H9F7O/c9-6(10,5(4-16)2-1-3-5)7(11,12)8(13,14)15/h16H,1-4H2. The van der Waals surface area contributed by atoms with Crippen molar-refractivity contribution in [3.63, 3.8) is 0 Å². The lowest BCUT2D eigenvalue weighted by molar-refractivity contribution is -0.390. The zero-order chi connectivity index (χ0) is 12.8. The number of aliphatic hydroxyl groups is 1. The Morgan fingerprint density at radius 2 is 1.38 bits per heavy atom. The second-order valence-corrected chi connectivity index (χ2v) is 3.94. The van der Waals surface area contributed by atoms with Gasteiger partial charge in [0.05, 0.1) is 12.0 Å². The summed E-state index contributed by atoms with van der Waals surface area (Å²) in [6.45, 7) is -1.38. The average Bonchev–Trinajstić information content (AvgIpc) is 1.99. The van der Waals surface area contributed by atoms with E-state index in [0.717, 1.165) is 0 Å². The third-order valence-corrected chi connectivity index (χ3v) is 3.03. The molecule has 1 aliphatic rings. The molecule has 0 amide bonds. The van der Waals surface area contributed by atoms with Gasteiger partial charge in [0.1, 0.15) is 0 Å². The second kappa shape index (κ2) is 3.48. The number of alkyl halides is 7.